The van der Waals surface area contributed by atoms with E-state index in [1.807, 2.05) is 84.9 Å². The third-order valence-electron chi connectivity index (χ3n) is 13.7. The van der Waals surface area contributed by atoms with Gasteiger partial charge in [-0.3, -0.25) is 43.5 Å². The van der Waals surface area contributed by atoms with Crippen molar-refractivity contribution in [2.75, 3.05) is 67.5 Å². The molecule has 0 aliphatic carbocycles. The molecule has 0 saturated heterocycles. The Kier molecular flexibility index (Phi) is 40.2. The van der Waals surface area contributed by atoms with Crippen molar-refractivity contribution in [3.05, 3.63) is 200 Å². The van der Waals surface area contributed by atoms with Gasteiger partial charge < -0.3 is 96.5 Å². The number of allylic oxidation sites excluding steroid dienone is 1. The van der Waals surface area contributed by atoms with Crippen LogP contribution in [0.2, 0.25) is 20.5 Å². The van der Waals surface area contributed by atoms with Gasteiger partial charge in [-0.25, -0.2) is 9.78 Å². The van der Waals surface area contributed by atoms with Crippen molar-refractivity contribution in [3.8, 4) is 4.98 Å². The summed E-state index contributed by atoms with van der Waals surface area (Å²) in [5, 5.41) is 72.7. The number of aliphatic imine (C=N–C) groups is 1. The second kappa shape index (κ2) is 47.1. The number of carbonyl (C=O) groups is 6. The largest absolute Gasteiger partial charge is 0.477 e. The van der Waals surface area contributed by atoms with Gasteiger partial charge in [-0.05, 0) is 133 Å². The third kappa shape index (κ3) is 31.4. The smallest absolute Gasteiger partial charge is 0.373 e. The quantitative estimate of drug-likeness (QED) is 0.0115. The van der Waals surface area contributed by atoms with E-state index < -0.39 is 67.2 Å². The first-order valence-electron chi connectivity index (χ1n) is 31.9. The molecule has 1 aliphatic heterocycles. The minimum atomic E-state index is -0.991. The number of carboxylic acids is 1. The number of nitrogens with zero attached hydrogens (tertiary/aromatic N) is 10. The van der Waals surface area contributed by atoms with Crippen molar-refractivity contribution in [3.63, 3.8) is 0 Å². The topological polar surface area (TPSA) is 576 Å². The summed E-state index contributed by atoms with van der Waals surface area (Å²) in [5.74, 6) is -3.57. The second-order valence-electron chi connectivity index (χ2n) is 21.8. The Labute approximate surface area is 609 Å². The number of carboxylic acid groups (broad SMARTS) is 1. The van der Waals surface area contributed by atoms with Gasteiger partial charge in [0.25, 0.3) is 5.91 Å². The predicted octanol–water partition coefficient (Wildman–Crippen LogP) is 3.24. The molecule has 4 aromatic carbocycles. The zero-order valence-corrected chi connectivity index (χ0v) is 60.2. The predicted molar refractivity (Wildman–Crippen MR) is 407 cm³/mol. The Morgan fingerprint density at radius 1 is 0.673 bits per heavy atom. The summed E-state index contributed by atoms with van der Waals surface area (Å²) in [6.07, 6.45) is 15.6. The molecule has 0 saturated carbocycles. The fourth-order valence-corrected chi connectivity index (χ4v) is 8.89. The molecule has 34 nitrogen and oxygen atoms in total. The molecule has 8 rings (SSSR count). The van der Waals surface area contributed by atoms with Gasteiger partial charge in [-0.1, -0.05) is 48.6 Å². The van der Waals surface area contributed by atoms with E-state index in [0.29, 0.717) is 117 Å². The summed E-state index contributed by atoms with van der Waals surface area (Å²) >= 11 is 2.45. The first-order valence-corrected chi connectivity index (χ1v) is 32.7. The number of nitro benzene ring substituents is 1. The summed E-state index contributed by atoms with van der Waals surface area (Å²) < 4.78 is 17.6. The lowest BCUT2D eigenvalue weighted by Crippen LogP contribution is -2.30. The molecule has 0 atom stereocenters. The summed E-state index contributed by atoms with van der Waals surface area (Å²) in [6, 6.07) is 21.2. The van der Waals surface area contributed by atoms with Crippen molar-refractivity contribution >= 4 is 118 Å². The maximum absolute atomic E-state index is 12.8. The molecule has 0 radical (unpaired) electrons. The summed E-state index contributed by atoms with van der Waals surface area (Å²) in [7, 11) is -1.50. The van der Waals surface area contributed by atoms with Crippen LogP contribution in [0.4, 0.5) is 33.1 Å². The van der Waals surface area contributed by atoms with E-state index in [-0.39, 0.29) is 17.2 Å². The van der Waals surface area contributed by atoms with Crippen molar-refractivity contribution < 1.29 is 58.3 Å². The number of nitriles is 1. The van der Waals surface area contributed by atoms with Gasteiger partial charge >= 0.3 is 32.8 Å². The van der Waals surface area contributed by atoms with Crippen LogP contribution < -0.4 is 71.8 Å². The Bertz CT molecular complexity index is 4210. The summed E-state index contributed by atoms with van der Waals surface area (Å²) in [5.41, 5.74) is 50.2. The first kappa shape index (κ1) is 88.9. The minimum absolute atomic E-state index is 0.0897. The lowest BCUT2D eigenvalue weighted by atomic mass is 9.89. The second-order valence-corrected chi connectivity index (χ2v) is 22.1. The van der Waals surface area contributed by atoms with E-state index in [9.17, 15) is 43.3 Å². The van der Waals surface area contributed by atoms with E-state index in [0.717, 1.165) is 52.0 Å². The molecule has 1 aliphatic rings. The van der Waals surface area contributed by atoms with Crippen molar-refractivity contribution in [1.82, 2.24) is 44.8 Å². The fraction of sp³-hybridized carbons (Fsp3) is 0.277. The van der Waals surface area contributed by atoms with Crippen molar-refractivity contribution in [2.45, 2.75) is 74.2 Å². The fourth-order valence-electron chi connectivity index (χ4n) is 8.89. The van der Waals surface area contributed by atoms with Crippen molar-refractivity contribution in [1.29, 1.82) is 5.26 Å². The highest BCUT2D eigenvalue weighted by molar-refractivity contribution is 9.12. The Morgan fingerprint density at radius 3 is 1.62 bits per heavy atom. The molecule has 4 heterocycles. The van der Waals surface area contributed by atoms with E-state index in [2.05, 4.69) is 57.1 Å². The maximum atomic E-state index is 12.8. The molecule has 554 valence electrons. The number of nitro groups is 1. The Balaban J connectivity index is 0.000000437. The third-order valence-corrected chi connectivity index (χ3v) is 13.7. The number of benzene rings is 4. The normalized spacial score (nSPS) is 11.5. The number of amidine groups is 1. The van der Waals surface area contributed by atoms with Gasteiger partial charge in [0, 0.05) is 122 Å². The molecule has 104 heavy (non-hydrogen) atoms. The highest BCUT2D eigenvalue weighted by atomic mass is 79.9. The number of carbonyl (C=O) groups excluding carboxylic acids is 5. The molecular weight excluding hydrogens is 1410 g/mol. The van der Waals surface area contributed by atoms with Crippen LogP contribution in [0.15, 0.2) is 139 Å². The monoisotopic (exact) mass is 1500 g/mol. The summed E-state index contributed by atoms with van der Waals surface area (Å²) in [6.45, 7) is 18.1. The molecule has 24 N–H and O–H groups in total. The molecule has 39 heteroatoms. The molecule has 0 bridgehead atoms. The number of halogens is 2. The van der Waals surface area contributed by atoms with E-state index in [1.54, 1.807) is 97.7 Å². The molecule has 0 fully saturated rings. The molecule has 0 spiro atoms. The number of rotatable bonds is 27. The molecule has 3 aromatic heterocycles. The van der Waals surface area contributed by atoms with E-state index in [1.165, 1.54) is 4.68 Å². The molecule has 7 aromatic rings. The highest BCUT2D eigenvalue weighted by Gasteiger charge is 2.28. The van der Waals surface area contributed by atoms with Gasteiger partial charge in [0.05, 0.1) is 38.7 Å². The number of amides is 5. The maximum Gasteiger partial charge on any atom is 0.373 e. The molecule has 0 unspecified atom stereocenters. The Hall–Kier alpha value is -11.2. The van der Waals surface area contributed by atoms with Crippen LogP contribution in [-0.4, -0.2) is 163 Å². The molecular formula is C65H89B3BrFN22O12. The zero-order valence-electron chi connectivity index (χ0n) is 58.6. The number of nitrogens with two attached hydrogens (primary N) is 8. The van der Waals surface area contributed by atoms with Crippen LogP contribution in [0.3, 0.4) is 0 Å². The van der Waals surface area contributed by atoms with Gasteiger partial charge in [0.2, 0.25) is 35.4 Å². The van der Waals surface area contributed by atoms with Crippen LogP contribution in [0.25, 0.3) is 11.0 Å². The number of hydrogen-bond acceptors (Lipinski definition) is 23. The van der Waals surface area contributed by atoms with E-state index in [4.69, 9.17) is 71.3 Å². The van der Waals surface area contributed by atoms with Crippen molar-refractivity contribution in [2.24, 2.45) is 39.4 Å². The number of fused-ring (bicyclic) bond motifs is 2. The van der Waals surface area contributed by atoms with Crippen LogP contribution in [-0.2, 0) is 26.1 Å². The number of aromatic carboxylic acids is 1. The van der Waals surface area contributed by atoms with Gasteiger partial charge in [0.1, 0.15) is 22.2 Å². The standard InChI is InChI=1S/C20H24N6O2.C13H18BN5O2.C12H19BN4O2.C7H5FN2O3.C7H10N2O2.C5H13BN2O.CBrN/c1-3-26-17(10-13(2)24-26)20(28)23-18-12-15-11-14(19(22)27)6-7-16(15)25(18)9-5-4-8-21;1-14(21)17-6-2-3-7-19-11-5-4-9(12(15)20)8-10(11)18-13(19)16;1-13(19)17-7-3-2-6-16-11-5-4-9(12(15)18)8-10(11)14;8-5-2-1-4(7(9)11)3-6(5)10(12)13;1-3-9-6(7(10)11)4-5(2)8-9;1-6(9)8-5-3-2-4-7;2-1-3/h4-7,10-11H,3,8-9,12,21H2,1-2H3,(H2,22,27);2-5,8,17,21H,6-7H2,1H3,(H2,15,20)(H2,16,18);2-5,8,16-17,19H,6-7,14H2,1H3,(H2,15,18);1-3H,(H2,9,11);4H,3H2,1-2H3,(H,10,11);2-3,8-9H,4-5,7H2,1H3;/b5-4+,23-18?;2*3-2+;;;3-2+;. The minimum Gasteiger partial charge on any atom is -0.477 e. The van der Waals surface area contributed by atoms with E-state index >= 15 is 0 Å². The zero-order chi connectivity index (χ0) is 78.2. The lowest BCUT2D eigenvalue weighted by Gasteiger charge is -2.18. The lowest BCUT2D eigenvalue weighted by molar-refractivity contribution is -0.387. The highest BCUT2D eigenvalue weighted by Crippen LogP contribution is 2.31. The molecule has 5 amide bonds. The van der Waals surface area contributed by atoms with Crippen LogP contribution in [0, 0.1) is 40.0 Å². The van der Waals surface area contributed by atoms with Gasteiger partial charge in [-0.15, -0.1) is 0 Å². The number of aryl methyl sites for hydroxylation is 4. The number of nitrogen functional groups attached to an aromatic ring is 2. The number of hydrogen-bond donors (Lipinski definition) is 16. The van der Waals surface area contributed by atoms with Crippen LogP contribution in [0.1, 0.15) is 93.2 Å². The van der Waals surface area contributed by atoms with Crippen LogP contribution >= 0.6 is 15.9 Å². The average molecular weight is 1500 g/mol. The van der Waals surface area contributed by atoms with Gasteiger partial charge in [0.15, 0.2) is 0 Å². The number of aromatic nitrogens is 6. The average Bonchev–Trinajstić information content (AvgIpc) is 1.64. The number of anilines is 4. The number of imidazole rings is 1. The SMILES string of the molecule is CB(O)NC/C=C/CN.CB(O)NC/C=C/CNc1ccc(C(N)=O)cc1N.CB(O)NC/C=C/Cn1c(N)nc2cc(C(N)=O)ccc21.CCn1nc(C)cc1C(=O)N=C1Cc2cc(C(N)=O)ccc2N1C/C=C/CN.CCn1nc(C)cc1C(=O)O.N#CBr.NC(=O)c1ccc(F)c([N+](=O)[O-])c1. The Morgan fingerprint density at radius 2 is 1.12 bits per heavy atom. The van der Waals surface area contributed by atoms with Crippen LogP contribution in [0.5, 0.6) is 0 Å². The summed E-state index contributed by atoms with van der Waals surface area (Å²) in [4.78, 5) is 88.9. The first-order chi connectivity index (χ1) is 49.3. The number of nitrogens with one attached hydrogen (secondary N) is 4. The van der Waals surface area contributed by atoms with Gasteiger partial charge in [-0.2, -0.15) is 24.8 Å². The number of primary amides is 4.